The van der Waals surface area contributed by atoms with Crippen LogP contribution < -0.4 is 25.0 Å². The first-order valence-corrected chi connectivity index (χ1v) is 10.3. The molecule has 8 heteroatoms. The van der Waals surface area contributed by atoms with Crippen LogP contribution in [0.25, 0.3) is 0 Å². The van der Waals surface area contributed by atoms with Crippen LogP contribution in [0.15, 0.2) is 42.5 Å². The summed E-state index contributed by atoms with van der Waals surface area (Å²) in [6.45, 7) is 4.58. The van der Waals surface area contributed by atoms with Gasteiger partial charge in [-0.1, -0.05) is 12.1 Å². The molecule has 0 unspecified atom stereocenters. The summed E-state index contributed by atoms with van der Waals surface area (Å²) in [5.41, 5.74) is 2.78. The van der Waals surface area contributed by atoms with E-state index in [1.807, 2.05) is 0 Å². The van der Waals surface area contributed by atoms with Gasteiger partial charge in [-0.3, -0.25) is 9.59 Å². The predicted octanol–water partition coefficient (Wildman–Crippen LogP) is 1.75. The summed E-state index contributed by atoms with van der Waals surface area (Å²) in [6, 6.07) is 13.3. The molecule has 8 nitrogen and oxygen atoms in total. The van der Waals surface area contributed by atoms with E-state index in [0.717, 1.165) is 31.7 Å². The van der Waals surface area contributed by atoms with Gasteiger partial charge >= 0.3 is 11.8 Å². The molecule has 0 atom stereocenters. The number of amides is 2. The fourth-order valence-corrected chi connectivity index (χ4v) is 3.44. The van der Waals surface area contributed by atoms with Crippen LogP contribution in [0.1, 0.15) is 5.56 Å². The van der Waals surface area contributed by atoms with Crippen molar-refractivity contribution >= 4 is 23.2 Å². The average molecular weight is 427 g/mol. The molecule has 0 radical (unpaired) electrons. The van der Waals surface area contributed by atoms with Gasteiger partial charge in [0, 0.05) is 50.2 Å². The highest BCUT2D eigenvalue weighted by molar-refractivity contribution is 6.39. The zero-order chi connectivity index (χ0) is 22.2. The highest BCUT2D eigenvalue weighted by Crippen LogP contribution is 2.29. The monoisotopic (exact) mass is 426 g/mol. The molecular weight excluding hydrogens is 396 g/mol. The number of hydrogen-bond acceptors (Lipinski definition) is 6. The SMILES string of the molecule is COc1ccc(NC(=O)C(=O)NCCc2ccc(N3CCN(C)CC3)cc2)cc1OC. The van der Waals surface area contributed by atoms with E-state index in [0.29, 0.717) is 30.2 Å². The second-order valence-corrected chi connectivity index (χ2v) is 7.49. The fraction of sp³-hybridized carbons (Fsp3) is 0.391. The number of anilines is 2. The van der Waals surface area contributed by atoms with E-state index in [1.165, 1.54) is 19.9 Å². The summed E-state index contributed by atoms with van der Waals surface area (Å²) < 4.78 is 10.4. The minimum Gasteiger partial charge on any atom is -0.493 e. The highest BCUT2D eigenvalue weighted by atomic mass is 16.5. The van der Waals surface area contributed by atoms with Gasteiger partial charge in [-0.15, -0.1) is 0 Å². The second-order valence-electron chi connectivity index (χ2n) is 7.49. The largest absolute Gasteiger partial charge is 0.493 e. The summed E-state index contributed by atoms with van der Waals surface area (Å²) >= 11 is 0. The summed E-state index contributed by atoms with van der Waals surface area (Å²) in [5.74, 6) is -0.384. The van der Waals surface area contributed by atoms with Crippen LogP contribution in [0.2, 0.25) is 0 Å². The second kappa shape index (κ2) is 10.7. The molecule has 2 N–H and O–H groups in total. The van der Waals surface area contributed by atoms with Gasteiger partial charge in [0.2, 0.25) is 0 Å². The number of benzene rings is 2. The van der Waals surface area contributed by atoms with Crippen molar-refractivity contribution in [2.24, 2.45) is 0 Å². The van der Waals surface area contributed by atoms with Crippen molar-refractivity contribution in [1.82, 2.24) is 10.2 Å². The molecule has 0 saturated carbocycles. The summed E-state index contributed by atoms with van der Waals surface area (Å²) in [4.78, 5) is 29.0. The first kappa shape index (κ1) is 22.4. The zero-order valence-corrected chi connectivity index (χ0v) is 18.3. The molecule has 0 aliphatic carbocycles. The van der Waals surface area contributed by atoms with Crippen molar-refractivity contribution in [3.8, 4) is 11.5 Å². The van der Waals surface area contributed by atoms with Crippen LogP contribution in [-0.4, -0.2) is 70.7 Å². The molecule has 1 heterocycles. The molecule has 0 spiro atoms. The third-order valence-corrected chi connectivity index (χ3v) is 5.35. The van der Waals surface area contributed by atoms with Crippen LogP contribution >= 0.6 is 0 Å². The molecule has 3 rings (SSSR count). The lowest BCUT2D eigenvalue weighted by Gasteiger charge is -2.34. The molecular formula is C23H30N4O4. The van der Waals surface area contributed by atoms with Crippen molar-refractivity contribution < 1.29 is 19.1 Å². The lowest BCUT2D eigenvalue weighted by atomic mass is 10.1. The molecule has 1 aliphatic rings. The number of hydrogen-bond donors (Lipinski definition) is 2. The van der Waals surface area contributed by atoms with Crippen molar-refractivity contribution in [2.75, 3.05) is 64.2 Å². The normalized spacial score (nSPS) is 14.1. The summed E-state index contributed by atoms with van der Waals surface area (Å²) in [7, 11) is 5.18. The van der Waals surface area contributed by atoms with Gasteiger partial charge < -0.3 is 29.9 Å². The first-order chi connectivity index (χ1) is 15.0. The average Bonchev–Trinajstić information content (AvgIpc) is 2.80. The van der Waals surface area contributed by atoms with Gasteiger partial charge in [-0.05, 0) is 43.3 Å². The predicted molar refractivity (Wildman–Crippen MR) is 121 cm³/mol. The summed E-state index contributed by atoms with van der Waals surface area (Å²) in [5, 5.41) is 5.23. The molecule has 1 aliphatic heterocycles. The number of rotatable bonds is 7. The lowest BCUT2D eigenvalue weighted by molar-refractivity contribution is -0.136. The minimum atomic E-state index is -0.724. The molecule has 166 valence electrons. The Bertz CT molecular complexity index is 893. The van der Waals surface area contributed by atoms with Gasteiger partial charge in [0.25, 0.3) is 0 Å². The standard InChI is InChI=1S/C23H30N4O4/c1-26-12-14-27(15-13-26)19-7-4-17(5-8-19)10-11-24-22(28)23(29)25-18-6-9-20(30-2)21(16-18)31-3/h4-9,16H,10-15H2,1-3H3,(H,24,28)(H,25,29). The van der Waals surface area contributed by atoms with Crippen molar-refractivity contribution in [1.29, 1.82) is 0 Å². The zero-order valence-electron chi connectivity index (χ0n) is 18.3. The Labute approximate surface area is 183 Å². The highest BCUT2D eigenvalue weighted by Gasteiger charge is 2.16. The first-order valence-electron chi connectivity index (χ1n) is 10.3. The third kappa shape index (κ3) is 6.11. The number of nitrogens with one attached hydrogen (secondary N) is 2. The molecule has 1 saturated heterocycles. The number of carbonyl (C=O) groups is 2. The smallest absolute Gasteiger partial charge is 0.313 e. The maximum Gasteiger partial charge on any atom is 0.313 e. The Morgan fingerprint density at radius 2 is 1.58 bits per heavy atom. The maximum atomic E-state index is 12.1. The molecule has 2 aromatic rings. The van der Waals surface area contributed by atoms with E-state index in [1.54, 1.807) is 18.2 Å². The van der Waals surface area contributed by atoms with E-state index < -0.39 is 11.8 Å². The molecule has 0 bridgehead atoms. The fourth-order valence-electron chi connectivity index (χ4n) is 3.44. The van der Waals surface area contributed by atoms with Crippen molar-refractivity contribution in [2.45, 2.75) is 6.42 Å². The van der Waals surface area contributed by atoms with E-state index in [9.17, 15) is 9.59 Å². The number of carbonyl (C=O) groups excluding carboxylic acids is 2. The number of nitrogens with zero attached hydrogens (tertiary/aromatic N) is 2. The minimum absolute atomic E-state index is 0.381. The quantitative estimate of drug-likeness (QED) is 0.657. The summed E-state index contributed by atoms with van der Waals surface area (Å²) in [6.07, 6.45) is 0.651. The maximum absolute atomic E-state index is 12.1. The van der Waals surface area contributed by atoms with E-state index in [4.69, 9.17) is 9.47 Å². The Morgan fingerprint density at radius 1 is 0.903 bits per heavy atom. The Hall–Kier alpha value is -3.26. The van der Waals surface area contributed by atoms with Gasteiger partial charge in [0.1, 0.15) is 0 Å². The van der Waals surface area contributed by atoms with Crippen LogP contribution in [0.4, 0.5) is 11.4 Å². The van der Waals surface area contributed by atoms with Gasteiger partial charge in [0.05, 0.1) is 14.2 Å². The lowest BCUT2D eigenvalue weighted by Crippen LogP contribution is -2.44. The molecule has 2 aromatic carbocycles. The Kier molecular flexibility index (Phi) is 7.72. The van der Waals surface area contributed by atoms with E-state index in [2.05, 4.69) is 51.7 Å². The number of methoxy groups -OCH3 is 2. The van der Waals surface area contributed by atoms with E-state index in [-0.39, 0.29) is 0 Å². The van der Waals surface area contributed by atoms with Crippen molar-refractivity contribution in [3.63, 3.8) is 0 Å². The van der Waals surface area contributed by atoms with Gasteiger partial charge in [0.15, 0.2) is 11.5 Å². The van der Waals surface area contributed by atoms with Crippen LogP contribution in [0.5, 0.6) is 11.5 Å². The van der Waals surface area contributed by atoms with Crippen LogP contribution in [0, 0.1) is 0 Å². The topological polar surface area (TPSA) is 83.1 Å². The van der Waals surface area contributed by atoms with Crippen LogP contribution in [-0.2, 0) is 16.0 Å². The third-order valence-electron chi connectivity index (χ3n) is 5.35. The Morgan fingerprint density at radius 3 is 2.23 bits per heavy atom. The van der Waals surface area contributed by atoms with Gasteiger partial charge in [-0.2, -0.15) is 0 Å². The van der Waals surface area contributed by atoms with Gasteiger partial charge in [-0.25, -0.2) is 0 Å². The number of likely N-dealkylation sites (N-methyl/N-ethyl adjacent to an activating group) is 1. The molecule has 1 fully saturated rings. The molecule has 2 amide bonds. The molecule has 0 aromatic heterocycles. The molecule has 31 heavy (non-hydrogen) atoms. The number of piperazine rings is 1. The van der Waals surface area contributed by atoms with Crippen LogP contribution in [0.3, 0.4) is 0 Å². The Balaban J connectivity index is 1.44. The van der Waals surface area contributed by atoms with E-state index >= 15 is 0 Å². The van der Waals surface area contributed by atoms with Crippen molar-refractivity contribution in [3.05, 3.63) is 48.0 Å². The number of ether oxygens (including phenoxy) is 2.